The van der Waals surface area contributed by atoms with Crippen LogP contribution in [0.25, 0.3) is 43.6 Å². The highest BCUT2D eigenvalue weighted by atomic mass is 31.1. The molecule has 168 valence electrons. The van der Waals surface area contributed by atoms with Gasteiger partial charge in [-0.05, 0) is 24.3 Å². The molecule has 0 bridgehead atoms. The summed E-state index contributed by atoms with van der Waals surface area (Å²) in [5, 5.41) is 4.85. The Hall–Kier alpha value is -3.50. The number of rotatable bonds is 8. The predicted molar refractivity (Wildman–Crippen MR) is 138 cm³/mol. The number of fused-ring (bicyclic) bond motifs is 6. The molecular weight excluding hydrogens is 443 g/mol. The van der Waals surface area contributed by atoms with Gasteiger partial charge in [-0.25, -0.2) is 0 Å². The lowest BCUT2D eigenvalue weighted by atomic mass is 10.2. The van der Waals surface area contributed by atoms with Crippen LogP contribution in [0.4, 0.5) is 0 Å². The van der Waals surface area contributed by atoms with Crippen LogP contribution < -0.4 is 0 Å². The van der Waals surface area contributed by atoms with Gasteiger partial charge in [0.2, 0.25) is 0 Å². The van der Waals surface area contributed by atoms with Crippen molar-refractivity contribution in [3.63, 3.8) is 0 Å². The van der Waals surface area contributed by atoms with Gasteiger partial charge < -0.3 is 9.13 Å². The first-order valence-corrected chi connectivity index (χ1v) is 12.6. The average molecular weight is 467 g/mol. The second kappa shape index (κ2) is 9.03. The highest BCUT2D eigenvalue weighted by Gasteiger charge is 2.21. The zero-order valence-corrected chi connectivity index (χ0v) is 19.5. The molecule has 6 heteroatoms. The monoisotopic (exact) mass is 467 g/mol. The maximum atomic E-state index is 12.4. The van der Waals surface area contributed by atoms with Crippen molar-refractivity contribution in [1.29, 1.82) is 0 Å². The first-order chi connectivity index (χ1) is 16.8. The third-order valence-corrected chi connectivity index (χ3v) is 7.17. The van der Waals surface area contributed by atoms with E-state index < -0.39 is 8.25 Å². The molecule has 0 unspecified atom stereocenters. The first kappa shape index (κ1) is 21.1. The lowest BCUT2D eigenvalue weighted by Gasteiger charge is -2.05. The van der Waals surface area contributed by atoms with Crippen LogP contribution in [0.5, 0.6) is 0 Å². The molecule has 6 rings (SSSR count). The molecule has 0 saturated carbocycles. The number of nitrogens with zero attached hydrogens (tertiary/aromatic N) is 2. The van der Waals surface area contributed by atoms with E-state index in [0.29, 0.717) is 26.3 Å². The molecule has 6 aromatic rings. The first-order valence-electron chi connectivity index (χ1n) is 11.5. The summed E-state index contributed by atoms with van der Waals surface area (Å²) in [6, 6.07) is 33.3. The van der Waals surface area contributed by atoms with Crippen LogP contribution >= 0.6 is 8.25 Å². The molecule has 0 amide bonds. The van der Waals surface area contributed by atoms with E-state index in [0.717, 1.165) is 22.1 Å². The SMILES string of the molecule is O=[P+](OCCn1c2ccccc2c2ccccc21)OCCn1c2ccccc2c2ccccc21. The standard InChI is InChI=1S/C28H24N2O3P/c31-34(32-19-17-29-25-13-5-1-9-21(25)22-10-2-6-14-26(22)29)33-20-18-30-27-15-7-3-11-23(27)24-12-4-8-16-28(24)30/h1-16H,17-20H2/q+1. The summed E-state index contributed by atoms with van der Waals surface area (Å²) in [5.74, 6) is 0. The third kappa shape index (κ3) is 3.68. The summed E-state index contributed by atoms with van der Waals surface area (Å²) in [7, 11) is -2.19. The van der Waals surface area contributed by atoms with Crippen molar-refractivity contribution in [2.45, 2.75) is 13.1 Å². The van der Waals surface area contributed by atoms with Gasteiger partial charge in [0.05, 0.1) is 13.1 Å². The Kier molecular flexibility index (Phi) is 5.60. The molecule has 2 heterocycles. The van der Waals surface area contributed by atoms with E-state index >= 15 is 0 Å². The minimum atomic E-state index is -2.19. The van der Waals surface area contributed by atoms with E-state index in [1.165, 1.54) is 21.5 Å². The molecule has 34 heavy (non-hydrogen) atoms. The fraction of sp³-hybridized carbons (Fsp3) is 0.143. The van der Waals surface area contributed by atoms with Crippen LogP contribution in [0, 0.1) is 0 Å². The number of hydrogen-bond donors (Lipinski definition) is 0. The topological polar surface area (TPSA) is 45.4 Å². The van der Waals surface area contributed by atoms with Crippen molar-refractivity contribution in [1.82, 2.24) is 9.13 Å². The average Bonchev–Trinajstić information content (AvgIpc) is 3.38. The van der Waals surface area contributed by atoms with Gasteiger partial charge in [0.15, 0.2) is 0 Å². The van der Waals surface area contributed by atoms with Crippen molar-refractivity contribution in [2.75, 3.05) is 13.2 Å². The Morgan fingerprint density at radius 2 is 0.794 bits per heavy atom. The van der Waals surface area contributed by atoms with E-state index in [1.54, 1.807) is 0 Å². The van der Waals surface area contributed by atoms with Crippen LogP contribution in [0.2, 0.25) is 0 Å². The lowest BCUT2D eigenvalue weighted by Crippen LogP contribution is -2.05. The second-order valence-electron chi connectivity index (χ2n) is 8.26. The maximum Gasteiger partial charge on any atom is 0.697 e. The van der Waals surface area contributed by atoms with Crippen LogP contribution in [0.3, 0.4) is 0 Å². The Bertz CT molecular complexity index is 1420. The van der Waals surface area contributed by atoms with E-state index in [-0.39, 0.29) is 0 Å². The Morgan fingerprint density at radius 1 is 0.500 bits per heavy atom. The summed E-state index contributed by atoms with van der Waals surface area (Å²) in [4.78, 5) is 0. The zero-order valence-electron chi connectivity index (χ0n) is 18.6. The molecule has 0 radical (unpaired) electrons. The normalized spacial score (nSPS) is 11.8. The minimum Gasteiger partial charge on any atom is -0.338 e. The van der Waals surface area contributed by atoms with Gasteiger partial charge in [-0.2, -0.15) is 0 Å². The van der Waals surface area contributed by atoms with E-state index in [9.17, 15) is 4.57 Å². The molecule has 0 aliphatic rings. The van der Waals surface area contributed by atoms with Crippen molar-refractivity contribution < 1.29 is 13.6 Å². The molecule has 0 saturated heterocycles. The predicted octanol–water partition coefficient (Wildman–Crippen LogP) is 7.29. The van der Waals surface area contributed by atoms with Crippen molar-refractivity contribution in [2.24, 2.45) is 0 Å². The lowest BCUT2D eigenvalue weighted by molar-refractivity contribution is 0.216. The number of benzene rings is 4. The van der Waals surface area contributed by atoms with Crippen LogP contribution in [-0.4, -0.2) is 22.3 Å². The second-order valence-corrected chi connectivity index (χ2v) is 9.23. The van der Waals surface area contributed by atoms with Crippen molar-refractivity contribution in [3.05, 3.63) is 97.1 Å². The summed E-state index contributed by atoms with van der Waals surface area (Å²) in [6.07, 6.45) is 0. The van der Waals surface area contributed by atoms with Gasteiger partial charge in [-0.1, -0.05) is 72.8 Å². The quantitative estimate of drug-likeness (QED) is 0.221. The molecule has 0 aliphatic heterocycles. The minimum absolute atomic E-state index is 0.313. The molecule has 5 nitrogen and oxygen atoms in total. The zero-order chi connectivity index (χ0) is 22.9. The molecule has 0 atom stereocenters. The van der Waals surface area contributed by atoms with Crippen molar-refractivity contribution in [3.8, 4) is 0 Å². The van der Waals surface area contributed by atoms with Gasteiger partial charge in [0.25, 0.3) is 0 Å². The van der Waals surface area contributed by atoms with Crippen molar-refractivity contribution >= 4 is 51.9 Å². The molecule has 2 aromatic heterocycles. The van der Waals surface area contributed by atoms with E-state index in [4.69, 9.17) is 9.05 Å². The van der Waals surface area contributed by atoms with E-state index in [2.05, 4.69) is 81.9 Å². The summed E-state index contributed by atoms with van der Waals surface area (Å²) < 4.78 is 28.0. The van der Waals surface area contributed by atoms with Crippen LogP contribution in [-0.2, 0) is 26.7 Å². The fourth-order valence-electron chi connectivity index (χ4n) is 4.94. The molecule has 4 aromatic carbocycles. The summed E-state index contributed by atoms with van der Waals surface area (Å²) in [5.41, 5.74) is 4.59. The Balaban J connectivity index is 1.11. The molecule has 0 N–H and O–H groups in total. The van der Waals surface area contributed by atoms with Gasteiger partial charge in [0.1, 0.15) is 13.2 Å². The molecule has 0 spiro atoms. The van der Waals surface area contributed by atoms with Gasteiger partial charge in [-0.15, -0.1) is 9.05 Å². The Labute approximate surface area is 198 Å². The smallest absolute Gasteiger partial charge is 0.338 e. The molecule has 0 aliphatic carbocycles. The number of para-hydroxylation sites is 4. The summed E-state index contributed by atoms with van der Waals surface area (Å²) >= 11 is 0. The number of aromatic nitrogens is 2. The maximum absolute atomic E-state index is 12.4. The largest absolute Gasteiger partial charge is 0.697 e. The van der Waals surface area contributed by atoms with Crippen LogP contribution in [0.15, 0.2) is 97.1 Å². The molecule has 0 fully saturated rings. The third-order valence-electron chi connectivity index (χ3n) is 6.38. The van der Waals surface area contributed by atoms with Crippen LogP contribution in [0.1, 0.15) is 0 Å². The fourth-order valence-corrected chi connectivity index (χ4v) is 5.47. The van der Waals surface area contributed by atoms with Gasteiger partial charge in [-0.3, -0.25) is 0 Å². The summed E-state index contributed by atoms with van der Waals surface area (Å²) in [6.45, 7) is 1.83. The van der Waals surface area contributed by atoms with Gasteiger partial charge in [0, 0.05) is 48.2 Å². The van der Waals surface area contributed by atoms with E-state index in [1.807, 2.05) is 24.3 Å². The highest BCUT2D eigenvalue weighted by molar-refractivity contribution is 7.33. The van der Waals surface area contributed by atoms with Gasteiger partial charge >= 0.3 is 8.25 Å². The molecular formula is C28H24N2O3P+. The highest BCUT2D eigenvalue weighted by Crippen LogP contribution is 2.31. The number of hydrogen-bond acceptors (Lipinski definition) is 3. The Morgan fingerprint density at radius 3 is 1.12 bits per heavy atom.